The Morgan fingerprint density at radius 3 is 2.44 bits per heavy atom. The Balaban J connectivity index is 1.61. The quantitative estimate of drug-likeness (QED) is 0.714. The number of nitrogens with zero attached hydrogens (tertiary/aromatic N) is 2. The van der Waals surface area contributed by atoms with Gasteiger partial charge in [-0.25, -0.2) is 4.79 Å². The maximum atomic E-state index is 12.1. The molecule has 0 saturated carbocycles. The Morgan fingerprint density at radius 1 is 1.04 bits per heavy atom. The molecule has 0 aliphatic rings. The van der Waals surface area contributed by atoms with Crippen molar-refractivity contribution in [3.05, 3.63) is 65.2 Å². The lowest BCUT2D eigenvalue weighted by Gasteiger charge is -2.07. The highest BCUT2D eigenvalue weighted by atomic mass is 32.1. The van der Waals surface area contributed by atoms with Crippen molar-refractivity contribution in [2.45, 2.75) is 12.8 Å². The summed E-state index contributed by atoms with van der Waals surface area (Å²) < 4.78 is 5.09. The molecule has 0 radical (unpaired) electrons. The number of amides is 2. The standard InChI is InChI=1S/C18H18N4O2S/c1-12(13-6-4-3-5-7-13)16-21-22-18(25-16)20-17(23)19-14-8-10-15(24-2)11-9-14/h3-12H,1-2H3,(H2,19,20,22,23). The van der Waals surface area contributed by atoms with Gasteiger partial charge < -0.3 is 10.1 Å². The molecule has 0 bridgehead atoms. The molecule has 6 nitrogen and oxygen atoms in total. The van der Waals surface area contributed by atoms with E-state index < -0.39 is 0 Å². The minimum absolute atomic E-state index is 0.124. The first-order chi connectivity index (χ1) is 12.2. The van der Waals surface area contributed by atoms with Crippen LogP contribution < -0.4 is 15.4 Å². The van der Waals surface area contributed by atoms with Gasteiger partial charge in [0.05, 0.1) is 7.11 Å². The number of hydrogen-bond acceptors (Lipinski definition) is 5. The van der Waals surface area contributed by atoms with Crippen molar-refractivity contribution in [3.8, 4) is 5.75 Å². The van der Waals surface area contributed by atoms with Gasteiger partial charge >= 0.3 is 6.03 Å². The van der Waals surface area contributed by atoms with E-state index in [2.05, 4.69) is 39.9 Å². The highest BCUT2D eigenvalue weighted by molar-refractivity contribution is 7.15. The van der Waals surface area contributed by atoms with Crippen molar-refractivity contribution in [1.82, 2.24) is 10.2 Å². The number of hydrogen-bond donors (Lipinski definition) is 2. The highest BCUT2D eigenvalue weighted by Crippen LogP contribution is 2.28. The van der Waals surface area contributed by atoms with Gasteiger partial charge in [0.15, 0.2) is 0 Å². The lowest BCUT2D eigenvalue weighted by atomic mass is 10.0. The summed E-state index contributed by atoms with van der Waals surface area (Å²) in [5.74, 6) is 0.855. The van der Waals surface area contributed by atoms with E-state index in [1.165, 1.54) is 11.3 Å². The zero-order chi connectivity index (χ0) is 17.6. The van der Waals surface area contributed by atoms with Crippen LogP contribution in [0.4, 0.5) is 15.6 Å². The zero-order valence-electron chi connectivity index (χ0n) is 13.9. The van der Waals surface area contributed by atoms with Crippen molar-refractivity contribution in [1.29, 1.82) is 0 Å². The molecule has 7 heteroatoms. The van der Waals surface area contributed by atoms with E-state index in [1.54, 1.807) is 31.4 Å². The molecule has 2 N–H and O–H groups in total. The normalized spacial score (nSPS) is 11.6. The van der Waals surface area contributed by atoms with Crippen molar-refractivity contribution in [2.24, 2.45) is 0 Å². The van der Waals surface area contributed by atoms with Gasteiger partial charge in [-0.05, 0) is 29.8 Å². The minimum atomic E-state index is -0.361. The van der Waals surface area contributed by atoms with E-state index in [0.717, 1.165) is 16.3 Å². The zero-order valence-corrected chi connectivity index (χ0v) is 14.7. The monoisotopic (exact) mass is 354 g/mol. The molecule has 128 valence electrons. The second-order valence-corrected chi connectivity index (χ2v) is 6.39. The van der Waals surface area contributed by atoms with E-state index in [0.29, 0.717) is 10.8 Å². The number of carbonyl (C=O) groups excluding carboxylic acids is 1. The predicted molar refractivity (Wildman–Crippen MR) is 99.5 cm³/mol. The molecular weight excluding hydrogens is 336 g/mol. The average molecular weight is 354 g/mol. The molecule has 1 aromatic heterocycles. The smallest absolute Gasteiger partial charge is 0.325 e. The molecule has 3 aromatic rings. The third kappa shape index (κ3) is 4.33. The third-order valence-corrected chi connectivity index (χ3v) is 4.70. The summed E-state index contributed by atoms with van der Waals surface area (Å²) >= 11 is 1.37. The first kappa shape index (κ1) is 16.9. The fourth-order valence-electron chi connectivity index (χ4n) is 2.28. The van der Waals surface area contributed by atoms with Crippen molar-refractivity contribution in [2.75, 3.05) is 17.7 Å². The van der Waals surface area contributed by atoms with Crippen LogP contribution in [0.25, 0.3) is 0 Å². The number of nitrogens with one attached hydrogen (secondary N) is 2. The van der Waals surface area contributed by atoms with Crippen molar-refractivity contribution >= 4 is 28.2 Å². The van der Waals surface area contributed by atoms with Gasteiger partial charge in [-0.2, -0.15) is 0 Å². The fourth-order valence-corrected chi connectivity index (χ4v) is 3.10. The molecule has 1 unspecified atom stereocenters. The van der Waals surface area contributed by atoms with E-state index in [-0.39, 0.29) is 11.9 Å². The van der Waals surface area contributed by atoms with Gasteiger partial charge in [-0.1, -0.05) is 48.6 Å². The first-order valence-corrected chi connectivity index (χ1v) is 8.58. The van der Waals surface area contributed by atoms with Crippen LogP contribution in [0.15, 0.2) is 54.6 Å². The van der Waals surface area contributed by atoms with Gasteiger partial charge in [-0.3, -0.25) is 5.32 Å². The molecular formula is C18H18N4O2S. The molecule has 0 saturated heterocycles. The van der Waals surface area contributed by atoms with Gasteiger partial charge in [-0.15, -0.1) is 10.2 Å². The van der Waals surface area contributed by atoms with Crippen LogP contribution in [-0.4, -0.2) is 23.3 Å². The Labute approximate surface area is 149 Å². The second-order valence-electron chi connectivity index (χ2n) is 5.39. The molecule has 3 rings (SSSR count). The Kier molecular flexibility index (Phi) is 5.25. The van der Waals surface area contributed by atoms with Crippen molar-refractivity contribution < 1.29 is 9.53 Å². The van der Waals surface area contributed by atoms with Gasteiger partial charge in [0.1, 0.15) is 10.8 Å². The van der Waals surface area contributed by atoms with Crippen LogP contribution in [0, 0.1) is 0 Å². The van der Waals surface area contributed by atoms with E-state index in [1.807, 2.05) is 18.2 Å². The van der Waals surface area contributed by atoms with E-state index >= 15 is 0 Å². The second kappa shape index (κ2) is 7.76. The van der Waals surface area contributed by atoms with Gasteiger partial charge in [0.2, 0.25) is 5.13 Å². The van der Waals surface area contributed by atoms with Crippen LogP contribution in [0.1, 0.15) is 23.4 Å². The molecule has 2 amide bonds. The fraction of sp³-hybridized carbons (Fsp3) is 0.167. The summed E-state index contributed by atoms with van der Waals surface area (Å²) in [4.78, 5) is 12.1. The summed E-state index contributed by atoms with van der Waals surface area (Å²) in [7, 11) is 1.60. The Bertz CT molecular complexity index is 834. The van der Waals surface area contributed by atoms with Crippen LogP contribution >= 0.6 is 11.3 Å². The van der Waals surface area contributed by atoms with Crippen molar-refractivity contribution in [3.63, 3.8) is 0 Å². The van der Waals surface area contributed by atoms with Crippen LogP contribution in [-0.2, 0) is 0 Å². The summed E-state index contributed by atoms with van der Waals surface area (Å²) in [5, 5.41) is 15.0. The SMILES string of the molecule is COc1ccc(NC(=O)Nc2nnc(C(C)c3ccccc3)s2)cc1. The first-order valence-electron chi connectivity index (χ1n) is 7.76. The molecule has 1 atom stereocenters. The van der Waals surface area contributed by atoms with Gasteiger partial charge in [0, 0.05) is 11.6 Å². The topological polar surface area (TPSA) is 76.1 Å². The molecule has 25 heavy (non-hydrogen) atoms. The molecule has 0 aliphatic heterocycles. The Hall–Kier alpha value is -2.93. The largest absolute Gasteiger partial charge is 0.497 e. The highest BCUT2D eigenvalue weighted by Gasteiger charge is 2.15. The maximum absolute atomic E-state index is 12.1. The predicted octanol–water partition coefficient (Wildman–Crippen LogP) is 4.34. The molecule has 0 fully saturated rings. The number of rotatable bonds is 5. The number of anilines is 2. The molecule has 0 spiro atoms. The summed E-state index contributed by atoms with van der Waals surface area (Å²) in [6, 6.07) is 16.8. The van der Waals surface area contributed by atoms with Crippen LogP contribution in [0.3, 0.4) is 0 Å². The molecule has 2 aromatic carbocycles. The molecule has 1 heterocycles. The summed E-state index contributed by atoms with van der Waals surface area (Å²) in [6.07, 6.45) is 0. The van der Waals surface area contributed by atoms with E-state index in [4.69, 9.17) is 4.74 Å². The average Bonchev–Trinajstić information content (AvgIpc) is 3.10. The summed E-state index contributed by atoms with van der Waals surface area (Å²) in [5.41, 5.74) is 1.83. The number of carbonyl (C=O) groups is 1. The van der Waals surface area contributed by atoms with E-state index in [9.17, 15) is 4.79 Å². The number of ether oxygens (including phenoxy) is 1. The Morgan fingerprint density at radius 2 is 1.76 bits per heavy atom. The van der Waals surface area contributed by atoms with Gasteiger partial charge in [0.25, 0.3) is 0 Å². The maximum Gasteiger partial charge on any atom is 0.325 e. The lowest BCUT2D eigenvalue weighted by Crippen LogP contribution is -2.19. The lowest BCUT2D eigenvalue weighted by molar-refractivity contribution is 0.262. The third-order valence-electron chi connectivity index (χ3n) is 3.68. The minimum Gasteiger partial charge on any atom is -0.497 e. The summed E-state index contributed by atoms with van der Waals surface area (Å²) in [6.45, 7) is 2.07. The van der Waals surface area contributed by atoms with Crippen LogP contribution in [0.2, 0.25) is 0 Å². The number of urea groups is 1. The molecule has 0 aliphatic carbocycles. The van der Waals surface area contributed by atoms with Crippen LogP contribution in [0.5, 0.6) is 5.75 Å². The number of aromatic nitrogens is 2. The number of benzene rings is 2. The number of methoxy groups -OCH3 is 1.